The Hall–Kier alpha value is -3.05. The topological polar surface area (TPSA) is 172 Å². The number of carbonyl (C=O) groups is 4. The number of carbonyl (C=O) groups excluding carboxylic acids is 3. The molecule has 12 heteroatoms. The van der Waals surface area contributed by atoms with E-state index >= 15 is 0 Å². The third-order valence-electron chi connectivity index (χ3n) is 4.22. The van der Waals surface area contributed by atoms with Crippen LogP contribution in [-0.4, -0.2) is 96.6 Å². The number of β-lactam (4-membered cyclic amide) rings is 1. The van der Waals surface area contributed by atoms with Gasteiger partial charge in [-0.3, -0.25) is 9.79 Å². The van der Waals surface area contributed by atoms with E-state index in [0.717, 1.165) is 4.90 Å². The van der Waals surface area contributed by atoms with Crippen LogP contribution >= 0.6 is 0 Å². The Kier molecular flexibility index (Phi) is 7.81. The molecule has 0 aromatic heterocycles. The maximum Gasteiger partial charge on any atom is 0.409 e. The van der Waals surface area contributed by atoms with Crippen molar-refractivity contribution in [1.29, 1.82) is 0 Å². The van der Waals surface area contributed by atoms with Gasteiger partial charge in [0.2, 0.25) is 5.91 Å². The summed E-state index contributed by atoms with van der Waals surface area (Å²) in [6.45, 7) is 0.540. The molecule has 4 amide bonds. The van der Waals surface area contributed by atoms with Gasteiger partial charge in [0, 0.05) is 33.7 Å². The molecule has 0 aliphatic carbocycles. The van der Waals surface area contributed by atoms with Crippen molar-refractivity contribution in [2.75, 3.05) is 40.8 Å². The van der Waals surface area contributed by atoms with Crippen LogP contribution in [0.1, 0.15) is 12.8 Å². The van der Waals surface area contributed by atoms with Crippen LogP contribution in [0.2, 0.25) is 0 Å². The van der Waals surface area contributed by atoms with E-state index in [-0.39, 0.29) is 32.0 Å². The third-order valence-corrected chi connectivity index (χ3v) is 4.22. The first kappa shape index (κ1) is 22.0. The zero-order chi connectivity index (χ0) is 20.7. The van der Waals surface area contributed by atoms with E-state index in [1.54, 1.807) is 0 Å². The SMILES string of the molecule is COC(=O)N(C)CCN(C)C(=O)N1C(=O)[C@H](CCCN=C(N)N)C1C(=O)O. The summed E-state index contributed by atoms with van der Waals surface area (Å²) in [5.74, 6) is -2.69. The monoisotopic (exact) mass is 386 g/mol. The number of aliphatic imine (C=N–C) groups is 1. The van der Waals surface area contributed by atoms with Crippen LogP contribution in [0.5, 0.6) is 0 Å². The number of urea groups is 1. The Labute approximate surface area is 156 Å². The van der Waals surface area contributed by atoms with Crippen LogP contribution in [0, 0.1) is 5.92 Å². The first-order valence-corrected chi connectivity index (χ1v) is 8.27. The molecule has 27 heavy (non-hydrogen) atoms. The van der Waals surface area contributed by atoms with E-state index in [0.29, 0.717) is 6.42 Å². The molecule has 1 heterocycles. The first-order chi connectivity index (χ1) is 12.6. The Morgan fingerprint density at radius 3 is 2.33 bits per heavy atom. The van der Waals surface area contributed by atoms with Crippen LogP contribution in [0.15, 0.2) is 4.99 Å². The first-order valence-electron chi connectivity index (χ1n) is 8.27. The predicted molar refractivity (Wildman–Crippen MR) is 94.7 cm³/mol. The average Bonchev–Trinajstić information content (AvgIpc) is 2.61. The van der Waals surface area contributed by atoms with E-state index in [1.165, 1.54) is 31.0 Å². The maximum atomic E-state index is 12.4. The Bertz CT molecular complexity index is 620. The van der Waals surface area contributed by atoms with E-state index in [9.17, 15) is 24.3 Å². The molecule has 1 saturated heterocycles. The van der Waals surface area contributed by atoms with Crippen molar-refractivity contribution in [3.8, 4) is 0 Å². The zero-order valence-corrected chi connectivity index (χ0v) is 15.6. The van der Waals surface area contributed by atoms with E-state index in [1.807, 2.05) is 0 Å². The summed E-state index contributed by atoms with van der Waals surface area (Å²) in [5.41, 5.74) is 10.4. The lowest BCUT2D eigenvalue weighted by atomic mass is 9.84. The number of likely N-dealkylation sites (N-methyl/N-ethyl adjacent to an activating group) is 2. The van der Waals surface area contributed by atoms with Gasteiger partial charge >= 0.3 is 18.1 Å². The largest absolute Gasteiger partial charge is 0.480 e. The molecule has 12 nitrogen and oxygen atoms in total. The molecule has 0 aromatic carbocycles. The summed E-state index contributed by atoms with van der Waals surface area (Å²) in [6.07, 6.45) is 0.102. The van der Waals surface area contributed by atoms with Crippen LogP contribution < -0.4 is 11.5 Å². The molecule has 0 radical (unpaired) electrons. The van der Waals surface area contributed by atoms with Gasteiger partial charge in [0.25, 0.3) is 0 Å². The van der Waals surface area contributed by atoms with Crippen molar-refractivity contribution in [2.45, 2.75) is 18.9 Å². The number of rotatable bonds is 8. The minimum atomic E-state index is -1.25. The number of imide groups is 1. The number of nitrogens with two attached hydrogens (primary N) is 2. The number of hydrogen-bond acceptors (Lipinski definition) is 6. The Balaban J connectivity index is 2.65. The number of hydrogen-bond donors (Lipinski definition) is 3. The fourth-order valence-electron chi connectivity index (χ4n) is 2.67. The number of ether oxygens (including phenoxy) is 1. The van der Waals surface area contributed by atoms with Gasteiger partial charge in [-0.2, -0.15) is 0 Å². The molecule has 1 aliphatic heterocycles. The number of carboxylic acid groups (broad SMARTS) is 1. The minimum Gasteiger partial charge on any atom is -0.480 e. The number of nitrogens with zero attached hydrogens (tertiary/aromatic N) is 4. The van der Waals surface area contributed by atoms with Gasteiger partial charge in [0.05, 0.1) is 13.0 Å². The highest BCUT2D eigenvalue weighted by Crippen LogP contribution is 2.31. The number of likely N-dealkylation sites (tertiary alicyclic amines) is 1. The fraction of sp³-hybridized carbons (Fsp3) is 0.667. The predicted octanol–water partition coefficient (Wildman–Crippen LogP) is -1.30. The highest BCUT2D eigenvalue weighted by molar-refractivity contribution is 6.07. The molecule has 152 valence electrons. The lowest BCUT2D eigenvalue weighted by Crippen LogP contribution is -2.68. The lowest BCUT2D eigenvalue weighted by Gasteiger charge is -2.44. The number of aliphatic carboxylic acids is 1. The van der Waals surface area contributed by atoms with Gasteiger partial charge in [-0.25, -0.2) is 19.3 Å². The Morgan fingerprint density at radius 2 is 1.81 bits per heavy atom. The van der Waals surface area contributed by atoms with Crippen molar-refractivity contribution in [3.05, 3.63) is 0 Å². The van der Waals surface area contributed by atoms with Crippen LogP contribution in [0.25, 0.3) is 0 Å². The summed E-state index contributed by atoms with van der Waals surface area (Å²) in [6, 6.07) is -1.96. The molecule has 1 unspecified atom stereocenters. The van der Waals surface area contributed by atoms with Crippen LogP contribution in [0.3, 0.4) is 0 Å². The van der Waals surface area contributed by atoms with Crippen molar-refractivity contribution >= 4 is 30.0 Å². The van der Waals surface area contributed by atoms with E-state index < -0.39 is 36.0 Å². The second kappa shape index (κ2) is 9.59. The number of guanidine groups is 1. The lowest BCUT2D eigenvalue weighted by molar-refractivity contribution is -0.166. The molecule has 0 saturated carbocycles. The van der Waals surface area contributed by atoms with Gasteiger partial charge in [-0.1, -0.05) is 0 Å². The molecule has 1 rings (SSSR count). The number of methoxy groups -OCH3 is 1. The Morgan fingerprint density at radius 1 is 1.22 bits per heavy atom. The second-order valence-corrected chi connectivity index (χ2v) is 6.14. The molecule has 5 N–H and O–H groups in total. The zero-order valence-electron chi connectivity index (χ0n) is 15.6. The quantitative estimate of drug-likeness (QED) is 0.200. The molecule has 0 spiro atoms. The smallest absolute Gasteiger partial charge is 0.409 e. The molecular weight excluding hydrogens is 360 g/mol. The molecule has 2 atom stereocenters. The number of amides is 4. The van der Waals surface area contributed by atoms with Crippen molar-refractivity contribution in [1.82, 2.24) is 14.7 Å². The summed E-state index contributed by atoms with van der Waals surface area (Å²) in [7, 11) is 4.15. The van der Waals surface area contributed by atoms with E-state index in [2.05, 4.69) is 9.73 Å². The van der Waals surface area contributed by atoms with Crippen molar-refractivity contribution in [3.63, 3.8) is 0 Å². The second-order valence-electron chi connectivity index (χ2n) is 6.14. The third kappa shape index (κ3) is 5.46. The fourth-order valence-corrected chi connectivity index (χ4v) is 2.67. The maximum absolute atomic E-state index is 12.4. The summed E-state index contributed by atoms with van der Waals surface area (Å²) < 4.78 is 4.54. The van der Waals surface area contributed by atoms with Gasteiger partial charge in [-0.05, 0) is 12.8 Å². The highest BCUT2D eigenvalue weighted by atomic mass is 16.5. The van der Waals surface area contributed by atoms with Gasteiger partial charge in [-0.15, -0.1) is 0 Å². The van der Waals surface area contributed by atoms with Gasteiger partial charge in [0.1, 0.15) is 0 Å². The summed E-state index contributed by atoms with van der Waals surface area (Å²) in [5, 5.41) is 9.39. The van der Waals surface area contributed by atoms with Crippen molar-refractivity contribution in [2.24, 2.45) is 22.4 Å². The van der Waals surface area contributed by atoms with Gasteiger partial charge < -0.3 is 31.1 Å². The molecular formula is C15H26N6O6. The average molecular weight is 386 g/mol. The van der Waals surface area contributed by atoms with Crippen molar-refractivity contribution < 1.29 is 29.0 Å². The summed E-state index contributed by atoms with van der Waals surface area (Å²) >= 11 is 0. The normalized spacial score (nSPS) is 18.3. The summed E-state index contributed by atoms with van der Waals surface area (Å²) in [4.78, 5) is 54.5. The highest BCUT2D eigenvalue weighted by Gasteiger charge is 2.54. The van der Waals surface area contributed by atoms with Crippen LogP contribution in [-0.2, 0) is 14.3 Å². The van der Waals surface area contributed by atoms with Crippen LogP contribution in [0.4, 0.5) is 9.59 Å². The van der Waals surface area contributed by atoms with Gasteiger partial charge in [0.15, 0.2) is 12.0 Å². The van der Waals surface area contributed by atoms with E-state index in [4.69, 9.17) is 11.5 Å². The molecule has 1 fully saturated rings. The molecule has 1 aliphatic rings. The number of carboxylic acids is 1. The minimum absolute atomic E-state index is 0.0833. The molecule has 0 aromatic rings. The molecule has 0 bridgehead atoms. The standard InChI is InChI=1S/C15H26N6O6/c1-19(7-8-20(2)15(26)27-3)14(25)21-10(12(23)24)9(11(21)22)5-4-6-18-13(16)17/h9-10H,4-8H2,1-3H3,(H,23,24)(H4,16,17,18)/t9-,10?/m1/s1.